The van der Waals surface area contributed by atoms with E-state index in [0.29, 0.717) is 0 Å². The van der Waals surface area contributed by atoms with Crippen LogP contribution in [0.25, 0.3) is 0 Å². The fourth-order valence-corrected chi connectivity index (χ4v) is 3.28. The van der Waals surface area contributed by atoms with Gasteiger partial charge in [0.2, 0.25) is 0 Å². The van der Waals surface area contributed by atoms with Gasteiger partial charge in [0.1, 0.15) is 11.5 Å². The minimum Gasteiger partial charge on any atom is -0.444 e. The van der Waals surface area contributed by atoms with Crippen molar-refractivity contribution in [2.75, 3.05) is 0 Å². The van der Waals surface area contributed by atoms with E-state index in [1.54, 1.807) is 0 Å². The molecule has 0 aliphatic rings. The zero-order chi connectivity index (χ0) is 20.1. The summed E-state index contributed by atoms with van der Waals surface area (Å²) in [6.45, 7) is 4.13. The molecule has 2 heteroatoms. The molecule has 0 heterocycles. The van der Waals surface area contributed by atoms with Crippen molar-refractivity contribution in [1.82, 2.24) is 0 Å². The quantitative estimate of drug-likeness (QED) is 0.348. The zero-order valence-corrected chi connectivity index (χ0v) is 16.7. The molecule has 0 radical (unpaired) electrons. The Bertz CT molecular complexity index is 948. The first kappa shape index (κ1) is 18.8. The third-order valence-electron chi connectivity index (χ3n) is 4.87. The molecule has 0 N–H and O–H groups in total. The summed E-state index contributed by atoms with van der Waals surface area (Å²) in [5, 5.41) is 0. The summed E-state index contributed by atoms with van der Waals surface area (Å²) in [6, 6.07) is 36.3. The molecule has 0 saturated carbocycles. The van der Waals surface area contributed by atoms with Gasteiger partial charge in [0.05, 0.1) is 0 Å². The predicted octanol–water partition coefficient (Wildman–Crippen LogP) is 6.66. The second-order valence-corrected chi connectivity index (χ2v) is 7.18. The molecule has 0 unspecified atom stereocenters. The minimum absolute atomic E-state index is 0.746. The Morgan fingerprint density at radius 3 is 1.14 bits per heavy atom. The van der Waals surface area contributed by atoms with Gasteiger partial charge in [0, 0.05) is 11.1 Å². The summed E-state index contributed by atoms with van der Waals surface area (Å²) >= 11 is 0. The summed E-state index contributed by atoms with van der Waals surface area (Å²) in [4.78, 5) is 0. The number of benzene rings is 4. The number of ether oxygens (including phenoxy) is 2. The predicted molar refractivity (Wildman–Crippen MR) is 117 cm³/mol. The summed E-state index contributed by atoms with van der Waals surface area (Å²) in [7, 11) is 0. The van der Waals surface area contributed by atoms with Gasteiger partial charge in [-0.05, 0) is 38.1 Å². The average Bonchev–Trinajstić information content (AvgIpc) is 2.77. The molecule has 0 atom stereocenters. The average molecular weight is 380 g/mol. The maximum Gasteiger partial charge on any atom is 0.305 e. The molecular formula is C27H24O2. The number of hydrogen-bond acceptors (Lipinski definition) is 2. The fraction of sp³-hybridized carbons (Fsp3) is 0.111. The molecule has 144 valence electrons. The van der Waals surface area contributed by atoms with E-state index in [2.05, 4.69) is 13.8 Å². The monoisotopic (exact) mass is 380 g/mol. The second kappa shape index (κ2) is 8.24. The summed E-state index contributed by atoms with van der Waals surface area (Å²) in [5.74, 6) is 0.373. The zero-order valence-electron chi connectivity index (χ0n) is 16.7. The largest absolute Gasteiger partial charge is 0.444 e. The van der Waals surface area contributed by atoms with Crippen LogP contribution < -0.4 is 9.47 Å². The first-order valence-electron chi connectivity index (χ1n) is 9.78. The fourth-order valence-electron chi connectivity index (χ4n) is 3.28. The van der Waals surface area contributed by atoms with Gasteiger partial charge in [-0.2, -0.15) is 0 Å². The van der Waals surface area contributed by atoms with Crippen molar-refractivity contribution in [1.29, 1.82) is 0 Å². The highest BCUT2D eigenvalue weighted by molar-refractivity contribution is 5.39. The lowest BCUT2D eigenvalue weighted by Crippen LogP contribution is -2.40. The van der Waals surface area contributed by atoms with Crippen molar-refractivity contribution < 1.29 is 9.47 Å². The smallest absolute Gasteiger partial charge is 0.305 e. The molecule has 0 aromatic heterocycles. The van der Waals surface area contributed by atoms with Crippen LogP contribution in [0.1, 0.15) is 22.3 Å². The number of aryl methyl sites for hydroxylation is 2. The van der Waals surface area contributed by atoms with E-state index in [9.17, 15) is 0 Å². The molecule has 0 fully saturated rings. The van der Waals surface area contributed by atoms with Crippen LogP contribution in [-0.2, 0) is 5.79 Å². The van der Waals surface area contributed by atoms with Gasteiger partial charge in [-0.15, -0.1) is 0 Å². The lowest BCUT2D eigenvalue weighted by Gasteiger charge is -2.35. The summed E-state index contributed by atoms with van der Waals surface area (Å²) in [6.07, 6.45) is 0. The lowest BCUT2D eigenvalue weighted by atomic mass is 9.96. The molecule has 0 saturated heterocycles. The summed E-state index contributed by atoms with van der Waals surface area (Å²) in [5.41, 5.74) is 4.21. The Balaban J connectivity index is 1.88. The van der Waals surface area contributed by atoms with Crippen LogP contribution in [0.5, 0.6) is 11.5 Å². The highest BCUT2D eigenvalue weighted by atomic mass is 16.7. The Kier molecular flexibility index (Phi) is 5.35. The van der Waals surface area contributed by atoms with E-state index in [0.717, 1.165) is 22.6 Å². The molecule has 4 aromatic rings. The molecule has 0 aliphatic heterocycles. The van der Waals surface area contributed by atoms with E-state index in [1.807, 2.05) is 109 Å². The molecular weight excluding hydrogens is 356 g/mol. The maximum absolute atomic E-state index is 6.64. The Morgan fingerprint density at radius 2 is 0.793 bits per heavy atom. The van der Waals surface area contributed by atoms with E-state index < -0.39 is 5.79 Å². The third-order valence-corrected chi connectivity index (χ3v) is 4.87. The lowest BCUT2D eigenvalue weighted by molar-refractivity contribution is -0.0844. The topological polar surface area (TPSA) is 18.5 Å². The van der Waals surface area contributed by atoms with Gasteiger partial charge < -0.3 is 9.47 Å². The van der Waals surface area contributed by atoms with Gasteiger partial charge >= 0.3 is 5.79 Å². The van der Waals surface area contributed by atoms with E-state index in [-0.39, 0.29) is 0 Å². The molecule has 2 nitrogen and oxygen atoms in total. The molecule has 0 amide bonds. The van der Waals surface area contributed by atoms with Crippen molar-refractivity contribution in [2.24, 2.45) is 0 Å². The van der Waals surface area contributed by atoms with Crippen LogP contribution in [0, 0.1) is 13.8 Å². The van der Waals surface area contributed by atoms with E-state index in [1.165, 1.54) is 11.1 Å². The Morgan fingerprint density at radius 1 is 0.448 bits per heavy atom. The normalized spacial score (nSPS) is 11.1. The molecule has 4 rings (SSSR count). The van der Waals surface area contributed by atoms with Crippen molar-refractivity contribution >= 4 is 0 Å². The molecule has 4 aromatic carbocycles. The minimum atomic E-state index is -1.12. The first-order chi connectivity index (χ1) is 14.2. The molecule has 29 heavy (non-hydrogen) atoms. The third kappa shape index (κ3) is 4.17. The van der Waals surface area contributed by atoms with Crippen molar-refractivity contribution in [2.45, 2.75) is 19.6 Å². The second-order valence-electron chi connectivity index (χ2n) is 7.18. The molecule has 0 aliphatic carbocycles. The van der Waals surface area contributed by atoms with E-state index in [4.69, 9.17) is 9.47 Å². The highest BCUT2D eigenvalue weighted by Crippen LogP contribution is 2.37. The van der Waals surface area contributed by atoms with Crippen LogP contribution in [0.15, 0.2) is 109 Å². The van der Waals surface area contributed by atoms with Gasteiger partial charge in [-0.25, -0.2) is 0 Å². The van der Waals surface area contributed by atoms with Crippen LogP contribution in [0.2, 0.25) is 0 Å². The van der Waals surface area contributed by atoms with Crippen LogP contribution in [0.3, 0.4) is 0 Å². The van der Waals surface area contributed by atoms with Gasteiger partial charge in [-0.3, -0.25) is 0 Å². The number of hydrogen-bond donors (Lipinski definition) is 0. The first-order valence-corrected chi connectivity index (χ1v) is 9.78. The highest BCUT2D eigenvalue weighted by Gasteiger charge is 2.40. The van der Waals surface area contributed by atoms with Crippen molar-refractivity contribution in [3.63, 3.8) is 0 Å². The standard InChI is InChI=1S/C27H24O2/c1-21-13-17-25(18-14-21)28-27(23-9-5-3-6-10-23,24-11-7-4-8-12-24)29-26-19-15-22(2)16-20-26/h3-20H,1-2H3. The maximum atomic E-state index is 6.64. The number of rotatable bonds is 6. The SMILES string of the molecule is Cc1ccc(OC(Oc2ccc(C)cc2)(c2ccccc2)c2ccccc2)cc1. The molecule has 0 spiro atoms. The van der Waals surface area contributed by atoms with Gasteiger partial charge in [0.15, 0.2) is 0 Å². The van der Waals surface area contributed by atoms with Crippen LogP contribution in [0.4, 0.5) is 0 Å². The molecule has 0 bridgehead atoms. The van der Waals surface area contributed by atoms with Crippen LogP contribution >= 0.6 is 0 Å². The van der Waals surface area contributed by atoms with Crippen molar-refractivity contribution in [3.8, 4) is 11.5 Å². The van der Waals surface area contributed by atoms with Crippen molar-refractivity contribution in [3.05, 3.63) is 131 Å². The van der Waals surface area contributed by atoms with E-state index >= 15 is 0 Å². The summed E-state index contributed by atoms with van der Waals surface area (Å²) < 4.78 is 13.3. The van der Waals surface area contributed by atoms with Gasteiger partial charge in [-0.1, -0.05) is 96.1 Å². The van der Waals surface area contributed by atoms with Crippen LogP contribution in [-0.4, -0.2) is 0 Å². The van der Waals surface area contributed by atoms with Gasteiger partial charge in [0.25, 0.3) is 0 Å². The Hall–Kier alpha value is -3.52. The Labute approximate surface area is 172 Å².